The molecule has 0 aliphatic heterocycles. The fourth-order valence-corrected chi connectivity index (χ4v) is 3.71. The lowest BCUT2D eigenvalue weighted by Gasteiger charge is -2.18. The minimum atomic E-state index is -1.08. The highest BCUT2D eigenvalue weighted by Crippen LogP contribution is 2.20. The van der Waals surface area contributed by atoms with Gasteiger partial charge >= 0.3 is 5.97 Å². The maximum absolute atomic E-state index is 12.4. The molecule has 2 rings (SSSR count). The van der Waals surface area contributed by atoms with Crippen LogP contribution in [0.1, 0.15) is 42.6 Å². The lowest BCUT2D eigenvalue weighted by molar-refractivity contribution is -0.137. The number of guanidine groups is 1. The number of carboxylic acid groups (broad SMARTS) is 1. The second-order valence-corrected chi connectivity index (χ2v) is 9.30. The minimum Gasteiger partial charge on any atom is -0.481 e. The van der Waals surface area contributed by atoms with Crippen molar-refractivity contribution < 1.29 is 24.3 Å². The normalized spacial score (nSPS) is 12.0. The zero-order chi connectivity index (χ0) is 26.5. The number of aliphatic imine (C=N–C) groups is 1. The number of amides is 3. The zero-order valence-electron chi connectivity index (χ0n) is 20.2. The van der Waals surface area contributed by atoms with Crippen molar-refractivity contribution in [2.45, 2.75) is 39.3 Å². The van der Waals surface area contributed by atoms with E-state index in [0.717, 1.165) is 5.56 Å². The summed E-state index contributed by atoms with van der Waals surface area (Å²) in [6.45, 7) is 4.26. The fraction of sp³-hybridized carbons (Fsp3) is 0.375. The van der Waals surface area contributed by atoms with Gasteiger partial charge in [0.2, 0.25) is 11.8 Å². The van der Waals surface area contributed by atoms with Crippen LogP contribution in [0.25, 0.3) is 0 Å². The Morgan fingerprint density at radius 3 is 2.50 bits per heavy atom. The van der Waals surface area contributed by atoms with Crippen LogP contribution >= 0.6 is 11.3 Å². The van der Waals surface area contributed by atoms with Gasteiger partial charge in [-0.15, -0.1) is 11.3 Å². The van der Waals surface area contributed by atoms with Gasteiger partial charge in [-0.1, -0.05) is 44.2 Å². The summed E-state index contributed by atoms with van der Waals surface area (Å²) in [7, 11) is 0. The molecule has 0 radical (unpaired) electrons. The highest BCUT2D eigenvalue weighted by Gasteiger charge is 2.22. The molecule has 0 fully saturated rings. The average Bonchev–Trinajstić information content (AvgIpc) is 3.31. The summed E-state index contributed by atoms with van der Waals surface area (Å²) in [5.41, 5.74) is 7.24. The Morgan fingerprint density at radius 2 is 1.83 bits per heavy atom. The molecule has 0 spiro atoms. The molecule has 194 valence electrons. The molecule has 1 heterocycles. The summed E-state index contributed by atoms with van der Waals surface area (Å²) in [4.78, 5) is 52.3. The number of carbonyl (C=O) groups excluding carboxylic acids is 3. The van der Waals surface area contributed by atoms with Gasteiger partial charge in [0, 0.05) is 18.3 Å². The van der Waals surface area contributed by atoms with Crippen LogP contribution in [0.2, 0.25) is 0 Å². The van der Waals surface area contributed by atoms with Gasteiger partial charge in [0.25, 0.3) is 5.91 Å². The zero-order valence-corrected chi connectivity index (χ0v) is 21.1. The Morgan fingerprint density at radius 1 is 1.11 bits per heavy atom. The number of hydrogen-bond acceptors (Lipinski definition) is 6. The SMILES string of the molecule is CC(C)CNC(=O)C(CCC(=O)O)NC(=O)CNC(=O)c1csc(NC(N)=NCc2ccccc2)c1. The molecule has 3 amide bonds. The molecule has 1 aromatic heterocycles. The van der Waals surface area contributed by atoms with Crippen LogP contribution in [0.3, 0.4) is 0 Å². The molecule has 11 nitrogen and oxygen atoms in total. The van der Waals surface area contributed by atoms with Gasteiger partial charge in [-0.05, 0) is 24.0 Å². The Bertz CT molecular complexity index is 1070. The summed E-state index contributed by atoms with van der Waals surface area (Å²) in [6, 6.07) is 10.2. The lowest BCUT2D eigenvalue weighted by Crippen LogP contribution is -2.50. The monoisotopic (exact) mass is 516 g/mol. The molecular weight excluding hydrogens is 484 g/mol. The van der Waals surface area contributed by atoms with Gasteiger partial charge in [0.15, 0.2) is 5.96 Å². The molecule has 0 aliphatic carbocycles. The van der Waals surface area contributed by atoms with Gasteiger partial charge < -0.3 is 32.1 Å². The van der Waals surface area contributed by atoms with Crippen molar-refractivity contribution in [2.24, 2.45) is 16.6 Å². The molecule has 12 heteroatoms. The highest BCUT2D eigenvalue weighted by molar-refractivity contribution is 7.14. The predicted octanol–water partition coefficient (Wildman–Crippen LogP) is 1.53. The number of carbonyl (C=O) groups is 4. The van der Waals surface area contributed by atoms with Gasteiger partial charge in [0.1, 0.15) is 6.04 Å². The number of nitrogens with two attached hydrogens (primary N) is 1. The molecule has 0 saturated carbocycles. The molecule has 36 heavy (non-hydrogen) atoms. The van der Waals surface area contributed by atoms with E-state index in [9.17, 15) is 19.2 Å². The van der Waals surface area contributed by atoms with E-state index in [2.05, 4.69) is 26.3 Å². The van der Waals surface area contributed by atoms with Gasteiger partial charge in [-0.3, -0.25) is 19.2 Å². The highest BCUT2D eigenvalue weighted by atomic mass is 32.1. The number of nitrogens with one attached hydrogen (secondary N) is 4. The van der Waals surface area contributed by atoms with Gasteiger partial charge in [-0.25, -0.2) is 4.99 Å². The van der Waals surface area contributed by atoms with Crippen molar-refractivity contribution >= 4 is 46.0 Å². The number of hydrogen-bond donors (Lipinski definition) is 6. The molecule has 0 saturated heterocycles. The minimum absolute atomic E-state index is 0.0637. The number of rotatable bonds is 13. The van der Waals surface area contributed by atoms with Crippen molar-refractivity contribution in [1.82, 2.24) is 16.0 Å². The first kappa shape index (κ1) is 28.3. The van der Waals surface area contributed by atoms with Gasteiger partial charge in [-0.2, -0.15) is 0 Å². The number of anilines is 1. The molecule has 7 N–H and O–H groups in total. The van der Waals surface area contributed by atoms with E-state index >= 15 is 0 Å². The maximum atomic E-state index is 12.4. The van der Waals surface area contributed by atoms with E-state index in [1.54, 1.807) is 11.4 Å². The molecule has 1 atom stereocenters. The topological polar surface area (TPSA) is 175 Å². The number of carboxylic acids is 1. The van der Waals surface area contributed by atoms with Crippen LogP contribution in [0.15, 0.2) is 46.8 Å². The van der Waals surface area contributed by atoms with Crippen LogP contribution in [0, 0.1) is 5.92 Å². The summed E-state index contributed by atoms with van der Waals surface area (Å²) in [5, 5.41) is 21.7. The standard InChI is InChI=1S/C24H32N6O5S/c1-15(2)11-26-23(35)18(8-9-21(32)33)29-19(31)13-27-22(34)17-10-20(36-14-17)30-24(25)28-12-16-6-4-3-5-7-16/h3-7,10,14-15,18H,8-9,11-13H2,1-2H3,(H,26,35)(H,27,34)(H,29,31)(H,32,33)(H3,25,28,30). The summed E-state index contributed by atoms with van der Waals surface area (Å²) in [6.07, 6.45) is -0.347. The Hall–Kier alpha value is -3.93. The van der Waals surface area contributed by atoms with Crippen LogP contribution in [0.5, 0.6) is 0 Å². The second-order valence-electron chi connectivity index (χ2n) is 8.39. The molecule has 0 bridgehead atoms. The van der Waals surface area contributed by atoms with Crippen LogP contribution < -0.4 is 27.0 Å². The Labute approximate surface area is 213 Å². The first-order valence-corrected chi connectivity index (χ1v) is 12.3. The van der Waals surface area contributed by atoms with E-state index in [1.807, 2.05) is 44.2 Å². The molecular formula is C24H32N6O5S. The van der Waals surface area contributed by atoms with Crippen molar-refractivity contribution in [1.29, 1.82) is 0 Å². The van der Waals surface area contributed by atoms with Crippen molar-refractivity contribution in [3.8, 4) is 0 Å². The van der Waals surface area contributed by atoms with E-state index in [4.69, 9.17) is 10.8 Å². The second kappa shape index (κ2) is 14.5. The van der Waals surface area contributed by atoms with Crippen LogP contribution in [-0.4, -0.2) is 53.9 Å². The largest absolute Gasteiger partial charge is 0.481 e. The summed E-state index contributed by atoms with van der Waals surface area (Å²) >= 11 is 1.25. The maximum Gasteiger partial charge on any atom is 0.303 e. The van der Waals surface area contributed by atoms with Crippen molar-refractivity contribution in [2.75, 3.05) is 18.4 Å². The fourth-order valence-electron chi connectivity index (χ4n) is 2.92. The Kier molecular flexibility index (Phi) is 11.4. The number of aliphatic carboxylic acids is 1. The summed E-state index contributed by atoms with van der Waals surface area (Å²) in [5.74, 6) is -2.24. The Balaban J connectivity index is 1.85. The quantitative estimate of drug-likeness (QED) is 0.173. The van der Waals surface area contributed by atoms with Crippen LogP contribution in [-0.2, 0) is 20.9 Å². The number of nitrogens with zero attached hydrogens (tertiary/aromatic N) is 1. The average molecular weight is 517 g/mol. The van der Waals surface area contributed by atoms with E-state index in [1.165, 1.54) is 11.3 Å². The van der Waals surface area contributed by atoms with E-state index in [-0.39, 0.29) is 31.3 Å². The van der Waals surface area contributed by atoms with E-state index < -0.39 is 29.7 Å². The molecule has 1 unspecified atom stereocenters. The first-order valence-electron chi connectivity index (χ1n) is 11.4. The number of thiophene rings is 1. The van der Waals surface area contributed by atoms with Crippen molar-refractivity contribution in [3.05, 3.63) is 52.9 Å². The molecule has 1 aromatic carbocycles. The van der Waals surface area contributed by atoms with E-state index in [0.29, 0.717) is 23.7 Å². The smallest absolute Gasteiger partial charge is 0.303 e. The lowest BCUT2D eigenvalue weighted by atomic mass is 10.1. The third-order valence-corrected chi connectivity index (χ3v) is 5.63. The molecule has 2 aromatic rings. The predicted molar refractivity (Wildman–Crippen MR) is 139 cm³/mol. The van der Waals surface area contributed by atoms with Crippen molar-refractivity contribution in [3.63, 3.8) is 0 Å². The third kappa shape index (κ3) is 10.6. The van der Waals surface area contributed by atoms with Gasteiger partial charge in [0.05, 0.1) is 23.7 Å². The van der Waals surface area contributed by atoms with Crippen LogP contribution in [0.4, 0.5) is 5.00 Å². The third-order valence-electron chi connectivity index (χ3n) is 4.78. The molecule has 0 aliphatic rings. The first-order chi connectivity index (χ1) is 17.1. The number of benzene rings is 1. The summed E-state index contributed by atoms with van der Waals surface area (Å²) < 4.78 is 0.